The van der Waals surface area contributed by atoms with E-state index in [4.69, 9.17) is 5.26 Å². The zero-order chi connectivity index (χ0) is 13.0. The summed E-state index contributed by atoms with van der Waals surface area (Å²) in [7, 11) is 0. The number of nitrogens with zero attached hydrogens (tertiary/aromatic N) is 2. The average molecular weight is 249 g/mol. The number of rotatable bonds is 2. The molecule has 0 aromatic heterocycles. The summed E-state index contributed by atoms with van der Waals surface area (Å²) < 4.78 is 0. The molecular weight excluding hydrogens is 226 g/mol. The first-order chi connectivity index (χ1) is 8.74. The lowest BCUT2D eigenvalue weighted by Gasteiger charge is -2.44. The van der Waals surface area contributed by atoms with Gasteiger partial charge in [-0.25, -0.2) is 0 Å². The third-order valence-electron chi connectivity index (χ3n) is 4.27. The quantitative estimate of drug-likeness (QED) is 0.759. The highest BCUT2D eigenvalue weighted by Crippen LogP contribution is 2.27. The molecule has 18 heavy (non-hydrogen) atoms. The summed E-state index contributed by atoms with van der Waals surface area (Å²) in [4.78, 5) is 14.3. The van der Waals surface area contributed by atoms with Crippen LogP contribution in [0.2, 0.25) is 0 Å². The minimum Gasteiger partial charge on any atom is -0.353 e. The van der Waals surface area contributed by atoms with Crippen LogP contribution in [0.4, 0.5) is 0 Å². The van der Waals surface area contributed by atoms with Gasteiger partial charge in [0.2, 0.25) is 5.91 Å². The van der Waals surface area contributed by atoms with Crippen LogP contribution in [0.3, 0.4) is 0 Å². The van der Waals surface area contributed by atoms with E-state index in [9.17, 15) is 4.79 Å². The van der Waals surface area contributed by atoms with Gasteiger partial charge >= 0.3 is 0 Å². The number of carbonyl (C=O) groups is 1. The Morgan fingerprint density at radius 2 is 2.00 bits per heavy atom. The first-order valence-corrected chi connectivity index (χ1v) is 7.16. The molecule has 0 radical (unpaired) electrons. The molecule has 2 fully saturated rings. The minimum atomic E-state index is -0.234. The van der Waals surface area contributed by atoms with Crippen molar-refractivity contribution in [1.82, 2.24) is 10.2 Å². The fourth-order valence-corrected chi connectivity index (χ4v) is 3.37. The Hall–Kier alpha value is -1.08. The van der Waals surface area contributed by atoms with Crippen LogP contribution in [-0.4, -0.2) is 35.5 Å². The Labute approximate surface area is 109 Å². The van der Waals surface area contributed by atoms with Gasteiger partial charge in [0, 0.05) is 18.6 Å². The number of carbonyl (C=O) groups excluding carboxylic acids is 1. The summed E-state index contributed by atoms with van der Waals surface area (Å²) in [5.74, 6) is 0.0406. The van der Waals surface area contributed by atoms with Gasteiger partial charge in [0.15, 0.2) is 0 Å². The second kappa shape index (κ2) is 6.19. The molecule has 0 aromatic carbocycles. The van der Waals surface area contributed by atoms with Gasteiger partial charge in [-0.1, -0.05) is 25.7 Å². The maximum absolute atomic E-state index is 12.0. The van der Waals surface area contributed by atoms with E-state index in [0.29, 0.717) is 18.5 Å². The van der Waals surface area contributed by atoms with E-state index in [1.165, 1.54) is 38.5 Å². The van der Waals surface area contributed by atoms with Gasteiger partial charge in [-0.3, -0.25) is 9.69 Å². The van der Waals surface area contributed by atoms with Gasteiger partial charge in [0.1, 0.15) is 6.04 Å². The van der Waals surface area contributed by atoms with Crippen molar-refractivity contribution in [2.24, 2.45) is 0 Å². The Balaban J connectivity index is 2.13. The SMILES string of the molecule is CC1CNC(=O)C(CC#N)N1C1CCCCCC1. The standard InChI is InChI=1S/C14H23N3O/c1-11-10-16-14(18)13(8-9-15)17(11)12-6-4-2-3-5-7-12/h11-13H,2-8,10H2,1H3,(H,16,18). The second-order valence-corrected chi connectivity index (χ2v) is 5.56. The van der Waals surface area contributed by atoms with Crippen molar-refractivity contribution < 1.29 is 4.79 Å². The van der Waals surface area contributed by atoms with Crippen LogP contribution in [0.15, 0.2) is 0 Å². The summed E-state index contributed by atoms with van der Waals surface area (Å²) in [6.45, 7) is 2.88. The molecule has 1 aliphatic heterocycles. The molecule has 2 aliphatic rings. The summed E-state index contributed by atoms with van der Waals surface area (Å²) >= 11 is 0. The van der Waals surface area contributed by atoms with E-state index >= 15 is 0 Å². The summed E-state index contributed by atoms with van der Waals surface area (Å²) in [5.41, 5.74) is 0. The topological polar surface area (TPSA) is 56.1 Å². The molecule has 1 amide bonds. The van der Waals surface area contributed by atoms with E-state index in [0.717, 1.165) is 6.54 Å². The Bertz CT molecular complexity index is 328. The zero-order valence-electron chi connectivity index (χ0n) is 11.2. The van der Waals surface area contributed by atoms with Crippen LogP contribution < -0.4 is 5.32 Å². The third kappa shape index (κ3) is 2.84. The third-order valence-corrected chi connectivity index (χ3v) is 4.27. The lowest BCUT2D eigenvalue weighted by Crippen LogP contribution is -2.62. The fraction of sp³-hybridized carbons (Fsp3) is 0.857. The highest BCUT2D eigenvalue weighted by molar-refractivity contribution is 5.83. The molecule has 0 aromatic rings. The van der Waals surface area contributed by atoms with E-state index in [1.54, 1.807) is 0 Å². The molecule has 2 rings (SSSR count). The van der Waals surface area contributed by atoms with Crippen molar-refractivity contribution in [3.8, 4) is 6.07 Å². The maximum Gasteiger partial charge on any atom is 0.238 e. The smallest absolute Gasteiger partial charge is 0.238 e. The molecule has 0 spiro atoms. The van der Waals surface area contributed by atoms with Gasteiger partial charge < -0.3 is 5.32 Å². The molecule has 2 atom stereocenters. The van der Waals surface area contributed by atoms with Crippen molar-refractivity contribution in [2.45, 2.75) is 70.0 Å². The second-order valence-electron chi connectivity index (χ2n) is 5.56. The number of hydrogen-bond acceptors (Lipinski definition) is 3. The van der Waals surface area contributed by atoms with Gasteiger partial charge in [0.05, 0.1) is 12.5 Å². The maximum atomic E-state index is 12.0. The summed E-state index contributed by atoms with van der Waals surface area (Å²) in [6.07, 6.45) is 7.82. The highest BCUT2D eigenvalue weighted by Gasteiger charge is 2.38. The number of nitrogens with one attached hydrogen (secondary N) is 1. The lowest BCUT2D eigenvalue weighted by molar-refractivity contribution is -0.132. The lowest BCUT2D eigenvalue weighted by atomic mass is 9.97. The van der Waals surface area contributed by atoms with Crippen LogP contribution in [0.5, 0.6) is 0 Å². The van der Waals surface area contributed by atoms with Gasteiger partial charge in [-0.2, -0.15) is 5.26 Å². The molecule has 0 bridgehead atoms. The molecule has 4 nitrogen and oxygen atoms in total. The Morgan fingerprint density at radius 1 is 1.33 bits per heavy atom. The molecule has 100 valence electrons. The van der Waals surface area contributed by atoms with Crippen LogP contribution in [0.25, 0.3) is 0 Å². The van der Waals surface area contributed by atoms with E-state index in [-0.39, 0.29) is 11.9 Å². The van der Waals surface area contributed by atoms with E-state index in [1.807, 2.05) is 0 Å². The predicted octanol–water partition coefficient (Wildman–Crippen LogP) is 1.81. The largest absolute Gasteiger partial charge is 0.353 e. The molecule has 1 N–H and O–H groups in total. The van der Waals surface area contributed by atoms with Crippen molar-refractivity contribution in [2.75, 3.05) is 6.54 Å². The molecule has 1 saturated carbocycles. The number of nitriles is 1. The van der Waals surface area contributed by atoms with Gasteiger partial charge in [-0.15, -0.1) is 0 Å². The normalized spacial score (nSPS) is 31.4. The predicted molar refractivity (Wildman–Crippen MR) is 69.8 cm³/mol. The Kier molecular flexibility index (Phi) is 4.60. The van der Waals surface area contributed by atoms with Crippen molar-refractivity contribution in [3.63, 3.8) is 0 Å². The van der Waals surface area contributed by atoms with Gasteiger partial charge in [-0.05, 0) is 19.8 Å². The Morgan fingerprint density at radius 3 is 2.61 bits per heavy atom. The molecule has 2 unspecified atom stereocenters. The monoisotopic (exact) mass is 249 g/mol. The molecule has 4 heteroatoms. The van der Waals surface area contributed by atoms with E-state index in [2.05, 4.69) is 23.2 Å². The van der Waals surface area contributed by atoms with Crippen molar-refractivity contribution in [1.29, 1.82) is 5.26 Å². The van der Waals surface area contributed by atoms with Crippen molar-refractivity contribution >= 4 is 5.91 Å². The first-order valence-electron chi connectivity index (χ1n) is 7.16. The number of amides is 1. The fourth-order valence-electron chi connectivity index (χ4n) is 3.37. The number of hydrogen-bond donors (Lipinski definition) is 1. The summed E-state index contributed by atoms with van der Waals surface area (Å²) in [6, 6.07) is 2.78. The molecular formula is C14H23N3O. The van der Waals surface area contributed by atoms with E-state index < -0.39 is 0 Å². The van der Waals surface area contributed by atoms with Crippen LogP contribution in [0.1, 0.15) is 51.9 Å². The van der Waals surface area contributed by atoms with Crippen LogP contribution in [0, 0.1) is 11.3 Å². The molecule has 1 heterocycles. The van der Waals surface area contributed by atoms with Crippen LogP contribution >= 0.6 is 0 Å². The molecule has 1 saturated heterocycles. The highest BCUT2D eigenvalue weighted by atomic mass is 16.2. The first kappa shape index (κ1) is 13.4. The number of piperazine rings is 1. The zero-order valence-corrected chi connectivity index (χ0v) is 11.2. The molecule has 1 aliphatic carbocycles. The minimum absolute atomic E-state index is 0.0406. The van der Waals surface area contributed by atoms with Crippen molar-refractivity contribution in [3.05, 3.63) is 0 Å². The van der Waals surface area contributed by atoms with Crippen LogP contribution in [-0.2, 0) is 4.79 Å². The summed E-state index contributed by atoms with van der Waals surface area (Å²) in [5, 5.41) is 11.9. The average Bonchev–Trinajstić information content (AvgIpc) is 2.63. The van der Waals surface area contributed by atoms with Gasteiger partial charge in [0.25, 0.3) is 0 Å².